The van der Waals surface area contributed by atoms with Gasteiger partial charge in [0.05, 0.1) is 5.38 Å². The molecule has 0 aliphatic carbocycles. The highest BCUT2D eigenvalue weighted by atomic mass is 127. The first-order valence-electron chi connectivity index (χ1n) is 5.29. The first kappa shape index (κ1) is 12.8. The first-order chi connectivity index (χ1) is 8.15. The molecule has 0 amide bonds. The van der Waals surface area contributed by atoms with Crippen LogP contribution in [0, 0.1) is 9.39 Å². The monoisotopic (exact) mass is 360 g/mol. The number of hydrogen-bond donors (Lipinski definition) is 0. The van der Waals surface area contributed by atoms with Crippen LogP contribution in [0.15, 0.2) is 48.5 Å². The van der Waals surface area contributed by atoms with Crippen LogP contribution < -0.4 is 0 Å². The molecule has 0 saturated heterocycles. The SMILES string of the molecule is Fc1cccc(CC(Cl)c2ccc(I)cc2)c1. The van der Waals surface area contributed by atoms with Crippen LogP contribution in [0.5, 0.6) is 0 Å². The normalized spacial score (nSPS) is 12.4. The summed E-state index contributed by atoms with van der Waals surface area (Å²) in [6, 6.07) is 14.7. The Kier molecular flexibility index (Phi) is 4.40. The van der Waals surface area contributed by atoms with Crippen molar-refractivity contribution < 1.29 is 4.39 Å². The Morgan fingerprint density at radius 2 is 1.82 bits per heavy atom. The van der Waals surface area contributed by atoms with Gasteiger partial charge in [-0.25, -0.2) is 4.39 Å². The molecule has 0 bridgehead atoms. The van der Waals surface area contributed by atoms with E-state index in [0.29, 0.717) is 6.42 Å². The van der Waals surface area contributed by atoms with Gasteiger partial charge in [-0.15, -0.1) is 11.6 Å². The zero-order chi connectivity index (χ0) is 12.3. The van der Waals surface area contributed by atoms with Crippen LogP contribution >= 0.6 is 34.2 Å². The lowest BCUT2D eigenvalue weighted by Gasteiger charge is -2.10. The van der Waals surface area contributed by atoms with Gasteiger partial charge in [-0.2, -0.15) is 0 Å². The van der Waals surface area contributed by atoms with Gasteiger partial charge in [0.2, 0.25) is 0 Å². The Balaban J connectivity index is 2.11. The van der Waals surface area contributed by atoms with Gasteiger partial charge in [0.1, 0.15) is 5.82 Å². The van der Waals surface area contributed by atoms with E-state index < -0.39 is 0 Å². The Hall–Kier alpha value is -0.610. The van der Waals surface area contributed by atoms with Crippen molar-refractivity contribution in [2.45, 2.75) is 11.8 Å². The molecule has 3 heteroatoms. The minimum absolute atomic E-state index is 0.117. The van der Waals surface area contributed by atoms with Crippen molar-refractivity contribution in [2.75, 3.05) is 0 Å². The number of rotatable bonds is 3. The van der Waals surface area contributed by atoms with Crippen LogP contribution in [0.4, 0.5) is 4.39 Å². The van der Waals surface area contributed by atoms with Gasteiger partial charge < -0.3 is 0 Å². The third kappa shape index (κ3) is 3.68. The minimum Gasteiger partial charge on any atom is -0.207 e. The Morgan fingerprint density at radius 3 is 2.47 bits per heavy atom. The van der Waals surface area contributed by atoms with Gasteiger partial charge in [0.15, 0.2) is 0 Å². The third-order valence-corrected chi connectivity index (χ3v) is 3.66. The molecule has 2 rings (SSSR count). The summed E-state index contributed by atoms with van der Waals surface area (Å²) in [5.41, 5.74) is 1.99. The smallest absolute Gasteiger partial charge is 0.123 e. The van der Waals surface area contributed by atoms with Crippen LogP contribution in [0.25, 0.3) is 0 Å². The summed E-state index contributed by atoms with van der Waals surface area (Å²) in [6.07, 6.45) is 0.639. The average Bonchev–Trinajstić information content (AvgIpc) is 2.29. The second-order valence-corrected chi connectivity index (χ2v) is 5.63. The molecular formula is C14H11ClFI. The predicted octanol–water partition coefficient (Wildman–Crippen LogP) is 4.95. The molecule has 0 N–H and O–H groups in total. The quantitative estimate of drug-likeness (QED) is 0.536. The maximum atomic E-state index is 13.0. The molecule has 0 nitrogen and oxygen atoms in total. The molecular weight excluding hydrogens is 350 g/mol. The minimum atomic E-state index is -0.214. The molecule has 2 aromatic carbocycles. The van der Waals surface area contributed by atoms with E-state index in [9.17, 15) is 4.39 Å². The van der Waals surface area contributed by atoms with Crippen molar-refractivity contribution in [1.29, 1.82) is 0 Å². The fourth-order valence-electron chi connectivity index (χ4n) is 1.66. The molecule has 0 aromatic heterocycles. The molecule has 0 fully saturated rings. The standard InChI is InChI=1S/C14H11ClFI/c15-14(11-4-6-13(17)7-5-11)9-10-2-1-3-12(16)8-10/h1-8,14H,9H2. The maximum Gasteiger partial charge on any atom is 0.123 e. The fraction of sp³-hybridized carbons (Fsp3) is 0.143. The summed E-state index contributed by atoms with van der Waals surface area (Å²) in [4.78, 5) is 0. The Labute approximate surface area is 119 Å². The van der Waals surface area contributed by atoms with Crippen LogP contribution in [0.3, 0.4) is 0 Å². The van der Waals surface area contributed by atoms with Gasteiger partial charge in [-0.1, -0.05) is 24.3 Å². The zero-order valence-electron chi connectivity index (χ0n) is 9.04. The van der Waals surface area contributed by atoms with Crippen LogP contribution in [-0.2, 0) is 6.42 Å². The summed E-state index contributed by atoms with van der Waals surface area (Å²) < 4.78 is 14.2. The lowest BCUT2D eigenvalue weighted by molar-refractivity contribution is 0.625. The van der Waals surface area contributed by atoms with E-state index in [4.69, 9.17) is 11.6 Å². The Morgan fingerprint density at radius 1 is 1.12 bits per heavy atom. The highest BCUT2D eigenvalue weighted by Crippen LogP contribution is 2.25. The fourth-order valence-corrected chi connectivity index (χ4v) is 2.34. The lowest BCUT2D eigenvalue weighted by Crippen LogP contribution is -1.96. The highest BCUT2D eigenvalue weighted by Gasteiger charge is 2.09. The second-order valence-electron chi connectivity index (χ2n) is 3.85. The van der Waals surface area contributed by atoms with Crippen molar-refractivity contribution in [3.05, 3.63) is 69.0 Å². The summed E-state index contributed by atoms with van der Waals surface area (Å²) in [5.74, 6) is -0.214. The molecule has 0 radical (unpaired) electrons. The number of alkyl halides is 1. The largest absolute Gasteiger partial charge is 0.207 e. The predicted molar refractivity (Wildman–Crippen MR) is 77.9 cm³/mol. The molecule has 0 spiro atoms. The van der Waals surface area contributed by atoms with E-state index in [1.54, 1.807) is 6.07 Å². The summed E-state index contributed by atoms with van der Waals surface area (Å²) in [7, 11) is 0. The highest BCUT2D eigenvalue weighted by molar-refractivity contribution is 14.1. The summed E-state index contributed by atoms with van der Waals surface area (Å²) in [5, 5.41) is -0.117. The Bertz CT molecular complexity index is 496. The first-order valence-corrected chi connectivity index (χ1v) is 6.80. The van der Waals surface area contributed by atoms with Gasteiger partial charge in [0, 0.05) is 3.57 Å². The van der Waals surface area contributed by atoms with E-state index in [1.807, 2.05) is 30.3 Å². The van der Waals surface area contributed by atoms with Crippen molar-refractivity contribution in [1.82, 2.24) is 0 Å². The van der Waals surface area contributed by atoms with Gasteiger partial charge >= 0.3 is 0 Å². The van der Waals surface area contributed by atoms with E-state index in [1.165, 1.54) is 15.7 Å². The molecule has 0 aliphatic rings. The van der Waals surface area contributed by atoms with Gasteiger partial charge in [0.25, 0.3) is 0 Å². The van der Waals surface area contributed by atoms with Crippen LogP contribution in [0.1, 0.15) is 16.5 Å². The summed E-state index contributed by atoms with van der Waals surface area (Å²) >= 11 is 8.58. The third-order valence-electron chi connectivity index (χ3n) is 2.54. The molecule has 1 unspecified atom stereocenters. The van der Waals surface area contributed by atoms with E-state index in [2.05, 4.69) is 22.6 Å². The van der Waals surface area contributed by atoms with E-state index in [-0.39, 0.29) is 11.2 Å². The number of halogens is 3. The van der Waals surface area contributed by atoms with Crippen molar-refractivity contribution in [2.24, 2.45) is 0 Å². The molecule has 0 aliphatic heterocycles. The van der Waals surface area contributed by atoms with Gasteiger partial charge in [-0.05, 0) is 64.4 Å². The molecule has 0 saturated carbocycles. The molecule has 0 heterocycles. The number of benzene rings is 2. The number of hydrogen-bond acceptors (Lipinski definition) is 0. The van der Waals surface area contributed by atoms with Crippen molar-refractivity contribution >= 4 is 34.2 Å². The van der Waals surface area contributed by atoms with E-state index >= 15 is 0 Å². The van der Waals surface area contributed by atoms with E-state index in [0.717, 1.165) is 11.1 Å². The second kappa shape index (κ2) is 5.83. The van der Waals surface area contributed by atoms with Crippen LogP contribution in [-0.4, -0.2) is 0 Å². The zero-order valence-corrected chi connectivity index (χ0v) is 12.0. The molecule has 2 aromatic rings. The maximum absolute atomic E-state index is 13.0. The average molecular weight is 361 g/mol. The van der Waals surface area contributed by atoms with Gasteiger partial charge in [-0.3, -0.25) is 0 Å². The molecule has 1 atom stereocenters. The lowest BCUT2D eigenvalue weighted by atomic mass is 10.0. The topological polar surface area (TPSA) is 0 Å². The van der Waals surface area contributed by atoms with Crippen molar-refractivity contribution in [3.63, 3.8) is 0 Å². The summed E-state index contributed by atoms with van der Waals surface area (Å²) in [6.45, 7) is 0. The molecule has 88 valence electrons. The molecule has 17 heavy (non-hydrogen) atoms. The van der Waals surface area contributed by atoms with Crippen molar-refractivity contribution in [3.8, 4) is 0 Å². The van der Waals surface area contributed by atoms with Crippen LogP contribution in [0.2, 0.25) is 0 Å².